The molecule has 3 nitrogen and oxygen atoms in total. The van der Waals surface area contributed by atoms with Crippen molar-refractivity contribution in [2.45, 2.75) is 24.2 Å². The lowest BCUT2D eigenvalue weighted by atomic mass is 10.1. The average Bonchev–Trinajstić information content (AvgIpc) is 3.19. The van der Waals surface area contributed by atoms with Gasteiger partial charge >= 0.3 is 0 Å². The summed E-state index contributed by atoms with van der Waals surface area (Å²) in [6.45, 7) is 0.723. The third-order valence-electron chi connectivity index (χ3n) is 3.36. The fourth-order valence-corrected chi connectivity index (χ4v) is 2.59. The van der Waals surface area contributed by atoms with Gasteiger partial charge in [-0.2, -0.15) is 0 Å². The summed E-state index contributed by atoms with van der Waals surface area (Å²) in [7, 11) is 0. The van der Waals surface area contributed by atoms with Crippen LogP contribution in [0.5, 0.6) is 0 Å². The highest BCUT2D eigenvalue weighted by Gasteiger charge is 2.41. The van der Waals surface area contributed by atoms with Crippen molar-refractivity contribution in [2.24, 2.45) is 5.41 Å². The van der Waals surface area contributed by atoms with Crippen LogP contribution in [0.1, 0.15) is 19.3 Å². The van der Waals surface area contributed by atoms with Gasteiger partial charge in [-0.05, 0) is 37.1 Å². The number of halogens is 1. The summed E-state index contributed by atoms with van der Waals surface area (Å²) in [6.07, 6.45) is 2.42. The minimum atomic E-state index is -0.249. The number of benzene rings is 1. The number of hydrogen-bond acceptors (Lipinski definition) is 3. The third-order valence-corrected chi connectivity index (χ3v) is 4.38. The Kier molecular flexibility index (Phi) is 4.82. The Labute approximate surface area is 116 Å². The number of carbonyl (C=O) groups excluding carboxylic acids is 1. The number of nitrogens with one attached hydrogen (secondary N) is 1. The second-order valence-corrected chi connectivity index (χ2v) is 6.16. The molecule has 1 fully saturated rings. The molecule has 2 rings (SSSR count). The quantitative estimate of drug-likeness (QED) is 0.754. The molecule has 0 bridgehead atoms. The fourth-order valence-electron chi connectivity index (χ4n) is 1.73. The van der Waals surface area contributed by atoms with Crippen molar-refractivity contribution in [1.82, 2.24) is 5.32 Å². The van der Waals surface area contributed by atoms with Crippen LogP contribution in [0.25, 0.3) is 0 Å². The van der Waals surface area contributed by atoms with E-state index in [1.807, 2.05) is 0 Å². The summed E-state index contributed by atoms with van der Waals surface area (Å²) >= 11 is 1.54. The summed E-state index contributed by atoms with van der Waals surface area (Å²) in [4.78, 5) is 12.6. The molecule has 19 heavy (non-hydrogen) atoms. The Hall–Kier alpha value is -1.07. The zero-order valence-electron chi connectivity index (χ0n) is 10.7. The van der Waals surface area contributed by atoms with Gasteiger partial charge in [-0.25, -0.2) is 4.39 Å². The van der Waals surface area contributed by atoms with Gasteiger partial charge in [0.15, 0.2) is 0 Å². The minimum absolute atomic E-state index is 0.00865. The molecule has 0 radical (unpaired) electrons. The summed E-state index contributed by atoms with van der Waals surface area (Å²) in [5.74, 6) is 0.430. The Morgan fingerprint density at radius 1 is 1.37 bits per heavy atom. The smallest absolute Gasteiger partial charge is 0.220 e. The summed E-state index contributed by atoms with van der Waals surface area (Å²) in [5, 5.41) is 12.0. The highest BCUT2D eigenvalue weighted by atomic mass is 32.2. The first-order valence-corrected chi connectivity index (χ1v) is 7.38. The van der Waals surface area contributed by atoms with E-state index in [9.17, 15) is 9.18 Å². The molecule has 0 heterocycles. The average molecular weight is 283 g/mol. The molecule has 0 aliphatic heterocycles. The van der Waals surface area contributed by atoms with Crippen molar-refractivity contribution in [3.8, 4) is 0 Å². The van der Waals surface area contributed by atoms with Crippen molar-refractivity contribution in [3.63, 3.8) is 0 Å². The maximum absolute atomic E-state index is 12.7. The van der Waals surface area contributed by atoms with Gasteiger partial charge in [0.1, 0.15) is 5.82 Å². The van der Waals surface area contributed by atoms with Crippen LogP contribution in [0.15, 0.2) is 29.2 Å². The first-order chi connectivity index (χ1) is 9.13. The van der Waals surface area contributed by atoms with Crippen LogP contribution in [0.4, 0.5) is 4.39 Å². The molecule has 0 spiro atoms. The zero-order chi connectivity index (χ0) is 13.7. The third kappa shape index (κ3) is 4.51. The van der Waals surface area contributed by atoms with Crippen LogP contribution >= 0.6 is 11.8 Å². The number of aliphatic hydroxyl groups is 1. The predicted octanol–water partition coefficient (Wildman–Crippen LogP) is 2.20. The summed E-state index contributed by atoms with van der Waals surface area (Å²) in [5.41, 5.74) is -0.0419. The molecule has 0 atom stereocenters. The molecule has 1 amide bonds. The van der Waals surface area contributed by atoms with Gasteiger partial charge in [0, 0.05) is 29.0 Å². The van der Waals surface area contributed by atoms with Crippen molar-refractivity contribution in [3.05, 3.63) is 30.1 Å². The van der Waals surface area contributed by atoms with E-state index in [-0.39, 0.29) is 23.7 Å². The van der Waals surface area contributed by atoms with Crippen LogP contribution in [-0.4, -0.2) is 29.9 Å². The van der Waals surface area contributed by atoms with Gasteiger partial charge in [0.2, 0.25) is 5.91 Å². The zero-order valence-corrected chi connectivity index (χ0v) is 11.5. The van der Waals surface area contributed by atoms with E-state index in [2.05, 4.69) is 5.32 Å². The molecular formula is C14H18FNO2S. The monoisotopic (exact) mass is 283 g/mol. The Balaban J connectivity index is 1.62. The molecule has 0 unspecified atom stereocenters. The highest BCUT2D eigenvalue weighted by Crippen LogP contribution is 2.44. The van der Waals surface area contributed by atoms with E-state index in [1.165, 1.54) is 23.9 Å². The van der Waals surface area contributed by atoms with Crippen molar-refractivity contribution in [1.29, 1.82) is 0 Å². The Morgan fingerprint density at radius 2 is 2.05 bits per heavy atom. The molecule has 0 saturated heterocycles. The molecule has 0 aromatic heterocycles. The molecule has 1 aromatic rings. The van der Waals surface area contributed by atoms with Crippen molar-refractivity contribution >= 4 is 17.7 Å². The lowest BCUT2D eigenvalue weighted by Crippen LogP contribution is -2.31. The number of carbonyl (C=O) groups is 1. The van der Waals surface area contributed by atoms with Crippen molar-refractivity contribution in [2.75, 3.05) is 18.9 Å². The first-order valence-electron chi connectivity index (χ1n) is 6.39. The van der Waals surface area contributed by atoms with Gasteiger partial charge in [-0.1, -0.05) is 0 Å². The Morgan fingerprint density at radius 3 is 2.63 bits per heavy atom. The summed E-state index contributed by atoms with van der Waals surface area (Å²) < 4.78 is 12.7. The van der Waals surface area contributed by atoms with E-state index >= 15 is 0 Å². The molecule has 1 aliphatic rings. The fraction of sp³-hybridized carbons (Fsp3) is 0.500. The summed E-state index contributed by atoms with van der Waals surface area (Å²) in [6, 6.07) is 6.26. The maximum atomic E-state index is 12.7. The first kappa shape index (κ1) is 14.3. The highest BCUT2D eigenvalue weighted by molar-refractivity contribution is 7.99. The van der Waals surface area contributed by atoms with Gasteiger partial charge < -0.3 is 10.4 Å². The number of rotatable bonds is 7. The van der Waals surface area contributed by atoms with E-state index < -0.39 is 0 Å². The van der Waals surface area contributed by atoms with Crippen molar-refractivity contribution < 1.29 is 14.3 Å². The topological polar surface area (TPSA) is 49.3 Å². The van der Waals surface area contributed by atoms with Crippen LogP contribution in [0, 0.1) is 11.2 Å². The number of thioether (sulfide) groups is 1. The van der Waals surface area contributed by atoms with Gasteiger partial charge in [-0.15, -0.1) is 11.8 Å². The van der Waals surface area contributed by atoms with Crippen LogP contribution in [-0.2, 0) is 4.79 Å². The molecule has 5 heteroatoms. The van der Waals surface area contributed by atoms with Crippen LogP contribution in [0.3, 0.4) is 0 Å². The number of amides is 1. The van der Waals surface area contributed by atoms with Gasteiger partial charge in [0.05, 0.1) is 6.61 Å². The molecule has 1 aromatic carbocycles. The molecular weight excluding hydrogens is 265 g/mol. The van der Waals surface area contributed by atoms with E-state index in [4.69, 9.17) is 5.11 Å². The largest absolute Gasteiger partial charge is 0.396 e. The lowest BCUT2D eigenvalue weighted by Gasteiger charge is -2.12. The SMILES string of the molecule is O=C(CCSc1ccc(F)cc1)NCC1(CO)CC1. The second kappa shape index (κ2) is 6.39. The molecule has 1 aliphatic carbocycles. The standard InChI is InChI=1S/C14H18FNO2S/c15-11-1-3-12(4-2-11)19-8-5-13(18)16-9-14(10-17)6-7-14/h1-4,17H,5-10H2,(H,16,18). The van der Waals surface area contributed by atoms with E-state index in [1.54, 1.807) is 12.1 Å². The van der Waals surface area contributed by atoms with Gasteiger partial charge in [-0.3, -0.25) is 4.79 Å². The number of aliphatic hydroxyl groups excluding tert-OH is 1. The molecule has 104 valence electrons. The molecule has 2 N–H and O–H groups in total. The lowest BCUT2D eigenvalue weighted by molar-refractivity contribution is -0.121. The van der Waals surface area contributed by atoms with E-state index in [0.29, 0.717) is 18.7 Å². The van der Waals surface area contributed by atoms with Crippen LogP contribution in [0.2, 0.25) is 0 Å². The Bertz CT molecular complexity index is 432. The second-order valence-electron chi connectivity index (χ2n) is 4.99. The van der Waals surface area contributed by atoms with Crippen LogP contribution < -0.4 is 5.32 Å². The number of hydrogen-bond donors (Lipinski definition) is 2. The predicted molar refractivity (Wildman–Crippen MR) is 73.5 cm³/mol. The minimum Gasteiger partial charge on any atom is -0.396 e. The maximum Gasteiger partial charge on any atom is 0.220 e. The van der Waals surface area contributed by atoms with E-state index in [0.717, 1.165) is 17.7 Å². The molecule has 1 saturated carbocycles. The normalized spacial score (nSPS) is 16.1. The van der Waals surface area contributed by atoms with Gasteiger partial charge in [0.25, 0.3) is 0 Å².